The van der Waals surface area contributed by atoms with Gasteiger partial charge in [0.25, 0.3) is 0 Å². The van der Waals surface area contributed by atoms with Gasteiger partial charge >= 0.3 is 8.60 Å². The van der Waals surface area contributed by atoms with Gasteiger partial charge in [0.15, 0.2) is 0 Å². The molecule has 0 aliphatic heterocycles. The Bertz CT molecular complexity index is 640. The van der Waals surface area contributed by atoms with Crippen molar-refractivity contribution < 1.29 is 13.9 Å². The predicted molar refractivity (Wildman–Crippen MR) is 137 cm³/mol. The molecule has 0 heterocycles. The first-order chi connectivity index (χ1) is 15.7. The molecule has 4 heteroatoms. The number of benzene rings is 2. The van der Waals surface area contributed by atoms with E-state index in [0.717, 1.165) is 12.8 Å². The lowest BCUT2D eigenvalue weighted by Gasteiger charge is -2.26. The summed E-state index contributed by atoms with van der Waals surface area (Å²) in [5.41, 5.74) is 2.36. The fraction of sp³-hybridized carbons (Fsp3) is 0.571. The van der Waals surface area contributed by atoms with Gasteiger partial charge in [0.1, 0.15) is 0 Å². The standard InChI is InChI=1S/C28H43O3P/c1-3-4-5-6-7-8-9-10-11-12-19-24-30-32(29)31-25(2)28(26-20-15-13-16-21-26)27-22-17-14-18-23-27/h13-18,20-23,25,28-29H,3-12,19,24H2,1-2H3. The Kier molecular flexibility index (Phi) is 14.6. The molecule has 2 aromatic rings. The fourth-order valence-corrected chi connectivity index (χ4v) is 4.95. The molecule has 2 unspecified atom stereocenters. The largest absolute Gasteiger partial charge is 0.330 e. The first-order valence-corrected chi connectivity index (χ1v) is 13.7. The van der Waals surface area contributed by atoms with Crippen molar-refractivity contribution >= 4 is 8.60 Å². The Morgan fingerprint density at radius 1 is 0.688 bits per heavy atom. The molecule has 178 valence electrons. The third-order valence-electron chi connectivity index (χ3n) is 5.99. The predicted octanol–water partition coefficient (Wildman–Crippen LogP) is 8.77. The Hall–Kier alpha value is -1.25. The second kappa shape index (κ2) is 17.3. The van der Waals surface area contributed by atoms with Crippen LogP contribution in [0.5, 0.6) is 0 Å². The summed E-state index contributed by atoms with van der Waals surface area (Å²) in [6, 6.07) is 20.7. The molecule has 0 saturated heterocycles. The second-order valence-electron chi connectivity index (χ2n) is 8.72. The molecular weight excluding hydrogens is 415 g/mol. The van der Waals surface area contributed by atoms with Crippen molar-refractivity contribution in [3.05, 3.63) is 71.8 Å². The molecule has 0 bridgehead atoms. The summed E-state index contributed by atoms with van der Waals surface area (Å²) in [5.74, 6) is 0.0557. The van der Waals surface area contributed by atoms with Crippen LogP contribution in [-0.4, -0.2) is 17.6 Å². The quantitative estimate of drug-likeness (QED) is 0.179. The van der Waals surface area contributed by atoms with Gasteiger partial charge in [0, 0.05) is 5.92 Å². The van der Waals surface area contributed by atoms with Crippen LogP contribution in [0.15, 0.2) is 60.7 Å². The zero-order chi connectivity index (χ0) is 22.9. The number of hydrogen-bond acceptors (Lipinski definition) is 3. The molecule has 2 atom stereocenters. The Morgan fingerprint density at radius 2 is 1.12 bits per heavy atom. The third-order valence-corrected chi connectivity index (χ3v) is 6.91. The molecule has 1 N–H and O–H groups in total. The molecule has 0 aromatic heterocycles. The van der Waals surface area contributed by atoms with Crippen LogP contribution in [0.25, 0.3) is 0 Å². The summed E-state index contributed by atoms with van der Waals surface area (Å²) in [7, 11) is -1.87. The number of unbranched alkanes of at least 4 members (excludes halogenated alkanes) is 10. The minimum Gasteiger partial charge on any atom is -0.328 e. The average molecular weight is 459 g/mol. The fourth-order valence-electron chi connectivity index (χ4n) is 4.20. The molecule has 2 rings (SSSR count). The Morgan fingerprint density at radius 3 is 1.59 bits per heavy atom. The molecular formula is C28H43O3P. The van der Waals surface area contributed by atoms with Crippen molar-refractivity contribution in [1.82, 2.24) is 0 Å². The van der Waals surface area contributed by atoms with Gasteiger partial charge in [-0.3, -0.25) is 0 Å². The molecule has 0 amide bonds. The highest BCUT2D eigenvalue weighted by Gasteiger charge is 2.25. The van der Waals surface area contributed by atoms with Crippen LogP contribution in [0.1, 0.15) is 102 Å². The van der Waals surface area contributed by atoms with Crippen molar-refractivity contribution in [2.24, 2.45) is 0 Å². The maximum atomic E-state index is 10.3. The monoisotopic (exact) mass is 458 g/mol. The summed E-state index contributed by atoms with van der Waals surface area (Å²) < 4.78 is 11.5. The molecule has 0 aliphatic rings. The first kappa shape index (κ1) is 27.0. The molecule has 0 radical (unpaired) electrons. The first-order valence-electron chi connectivity index (χ1n) is 12.6. The summed E-state index contributed by atoms with van der Waals surface area (Å²) >= 11 is 0. The van der Waals surface area contributed by atoms with Crippen molar-refractivity contribution in [3.63, 3.8) is 0 Å². The van der Waals surface area contributed by atoms with E-state index in [4.69, 9.17) is 9.05 Å². The van der Waals surface area contributed by atoms with E-state index < -0.39 is 8.60 Å². The van der Waals surface area contributed by atoms with Crippen molar-refractivity contribution in [3.8, 4) is 0 Å². The van der Waals surface area contributed by atoms with Crippen LogP contribution in [0.4, 0.5) is 0 Å². The highest BCUT2D eigenvalue weighted by molar-refractivity contribution is 7.40. The smallest absolute Gasteiger partial charge is 0.328 e. The second-order valence-corrected chi connectivity index (χ2v) is 9.66. The lowest BCUT2D eigenvalue weighted by molar-refractivity contribution is 0.142. The van der Waals surface area contributed by atoms with Gasteiger partial charge in [0.05, 0.1) is 12.7 Å². The Balaban J connectivity index is 1.63. The lowest BCUT2D eigenvalue weighted by atomic mass is 9.87. The maximum Gasteiger partial charge on any atom is 0.330 e. The summed E-state index contributed by atoms with van der Waals surface area (Å²) in [6.45, 7) is 4.85. The zero-order valence-electron chi connectivity index (χ0n) is 20.1. The van der Waals surface area contributed by atoms with Crippen molar-refractivity contribution in [2.75, 3.05) is 6.61 Å². The molecule has 0 saturated carbocycles. The number of rotatable bonds is 18. The van der Waals surface area contributed by atoms with E-state index in [2.05, 4.69) is 31.2 Å². The van der Waals surface area contributed by atoms with E-state index in [9.17, 15) is 4.89 Å². The molecule has 0 aliphatic carbocycles. The molecule has 2 aromatic carbocycles. The van der Waals surface area contributed by atoms with Gasteiger partial charge in [-0.2, -0.15) is 0 Å². The summed E-state index contributed by atoms with van der Waals surface area (Å²) in [4.78, 5) is 10.3. The topological polar surface area (TPSA) is 38.7 Å². The van der Waals surface area contributed by atoms with E-state index in [0.29, 0.717) is 6.61 Å². The van der Waals surface area contributed by atoms with Gasteiger partial charge in [-0.15, -0.1) is 0 Å². The number of hydrogen-bond donors (Lipinski definition) is 1. The highest BCUT2D eigenvalue weighted by atomic mass is 31.2. The van der Waals surface area contributed by atoms with Crippen LogP contribution < -0.4 is 0 Å². The van der Waals surface area contributed by atoms with E-state index in [1.807, 2.05) is 43.3 Å². The van der Waals surface area contributed by atoms with Crippen LogP contribution in [0.2, 0.25) is 0 Å². The van der Waals surface area contributed by atoms with Crippen LogP contribution >= 0.6 is 8.60 Å². The molecule has 0 fully saturated rings. The van der Waals surface area contributed by atoms with E-state index >= 15 is 0 Å². The van der Waals surface area contributed by atoms with Gasteiger partial charge in [-0.1, -0.05) is 132 Å². The van der Waals surface area contributed by atoms with E-state index in [-0.39, 0.29) is 12.0 Å². The molecule has 0 spiro atoms. The molecule has 3 nitrogen and oxygen atoms in total. The van der Waals surface area contributed by atoms with Gasteiger partial charge in [-0.05, 0) is 24.5 Å². The zero-order valence-corrected chi connectivity index (χ0v) is 21.0. The van der Waals surface area contributed by atoms with Crippen LogP contribution in [0.3, 0.4) is 0 Å². The maximum absolute atomic E-state index is 10.3. The van der Waals surface area contributed by atoms with E-state index in [1.54, 1.807) is 0 Å². The van der Waals surface area contributed by atoms with Crippen LogP contribution in [0, 0.1) is 0 Å². The van der Waals surface area contributed by atoms with Crippen molar-refractivity contribution in [1.29, 1.82) is 0 Å². The van der Waals surface area contributed by atoms with E-state index in [1.165, 1.54) is 68.9 Å². The SMILES string of the molecule is CCCCCCCCCCCCCOP(O)OC(C)C(c1ccccc1)c1ccccc1. The minimum absolute atomic E-state index is 0.0557. The van der Waals surface area contributed by atoms with Crippen LogP contribution in [-0.2, 0) is 9.05 Å². The van der Waals surface area contributed by atoms with Gasteiger partial charge < -0.3 is 13.9 Å². The lowest BCUT2D eigenvalue weighted by Crippen LogP contribution is -2.19. The summed E-state index contributed by atoms with van der Waals surface area (Å²) in [6.07, 6.45) is 14.1. The average Bonchev–Trinajstić information content (AvgIpc) is 2.81. The van der Waals surface area contributed by atoms with Crippen molar-refractivity contribution in [2.45, 2.75) is 96.5 Å². The highest BCUT2D eigenvalue weighted by Crippen LogP contribution is 2.40. The normalized spacial score (nSPS) is 13.4. The van der Waals surface area contributed by atoms with Gasteiger partial charge in [-0.25, -0.2) is 0 Å². The third kappa shape index (κ3) is 11.1. The Labute approximate surface area is 197 Å². The molecule has 32 heavy (non-hydrogen) atoms. The summed E-state index contributed by atoms with van der Waals surface area (Å²) in [5, 5.41) is 0. The van der Waals surface area contributed by atoms with Gasteiger partial charge in [0.2, 0.25) is 0 Å². The minimum atomic E-state index is -1.87.